The Morgan fingerprint density at radius 1 is 1.00 bits per heavy atom. The van der Waals surface area contributed by atoms with Crippen molar-refractivity contribution in [1.29, 1.82) is 0 Å². The van der Waals surface area contributed by atoms with E-state index < -0.39 is 29.3 Å². The third-order valence-corrected chi connectivity index (χ3v) is 3.48. The molecule has 0 fully saturated rings. The summed E-state index contributed by atoms with van der Waals surface area (Å²) in [5.74, 6) is 2.33. The number of nitrogens with two attached hydrogens (primary N) is 1. The standard InChI is InChI=1S/C14H11BrF4N2/c15-8-5-11(18)14(12(19)6-8)13(21-20)4-7-3-9(16)1-2-10(7)17/h1-3,5-6,13,21H,4,20H2. The molecule has 0 saturated carbocycles. The number of halogens is 5. The van der Waals surface area contributed by atoms with Crippen LogP contribution in [0.5, 0.6) is 0 Å². The predicted octanol–water partition coefficient (Wildman–Crippen LogP) is 3.75. The highest BCUT2D eigenvalue weighted by atomic mass is 79.9. The second-order valence-electron chi connectivity index (χ2n) is 4.44. The molecule has 0 aromatic heterocycles. The first-order valence-electron chi connectivity index (χ1n) is 5.97. The quantitative estimate of drug-likeness (QED) is 0.493. The van der Waals surface area contributed by atoms with Crippen LogP contribution in [0, 0.1) is 23.3 Å². The molecule has 2 aromatic rings. The zero-order chi connectivity index (χ0) is 15.6. The maximum Gasteiger partial charge on any atom is 0.132 e. The molecule has 0 heterocycles. The van der Waals surface area contributed by atoms with Gasteiger partial charge in [0.2, 0.25) is 0 Å². The molecule has 0 spiro atoms. The van der Waals surface area contributed by atoms with Gasteiger partial charge < -0.3 is 0 Å². The first kappa shape index (κ1) is 15.9. The van der Waals surface area contributed by atoms with Gasteiger partial charge in [-0.2, -0.15) is 0 Å². The van der Waals surface area contributed by atoms with Crippen molar-refractivity contribution in [3.63, 3.8) is 0 Å². The van der Waals surface area contributed by atoms with Crippen molar-refractivity contribution in [3.8, 4) is 0 Å². The molecule has 0 aliphatic carbocycles. The normalized spacial score (nSPS) is 12.5. The minimum absolute atomic E-state index is 0.0281. The summed E-state index contributed by atoms with van der Waals surface area (Å²) >= 11 is 2.96. The molecule has 3 N–H and O–H groups in total. The molecule has 7 heteroatoms. The number of rotatable bonds is 4. The third kappa shape index (κ3) is 3.61. The fourth-order valence-corrected chi connectivity index (χ4v) is 2.45. The van der Waals surface area contributed by atoms with E-state index in [9.17, 15) is 17.6 Å². The van der Waals surface area contributed by atoms with Crippen LogP contribution in [-0.2, 0) is 6.42 Å². The number of benzene rings is 2. The van der Waals surface area contributed by atoms with Gasteiger partial charge in [0.05, 0.1) is 6.04 Å². The van der Waals surface area contributed by atoms with Gasteiger partial charge in [0, 0.05) is 10.0 Å². The maximum atomic E-state index is 13.9. The summed E-state index contributed by atoms with van der Waals surface area (Å²) < 4.78 is 54.8. The van der Waals surface area contributed by atoms with Crippen molar-refractivity contribution in [1.82, 2.24) is 5.43 Å². The summed E-state index contributed by atoms with van der Waals surface area (Å²) in [6, 6.07) is 4.00. The number of hydrazine groups is 1. The Labute approximate surface area is 127 Å². The Morgan fingerprint density at radius 2 is 1.62 bits per heavy atom. The summed E-state index contributed by atoms with van der Waals surface area (Å²) in [6.45, 7) is 0. The Hall–Kier alpha value is -1.44. The van der Waals surface area contributed by atoms with Gasteiger partial charge in [-0.25, -0.2) is 17.6 Å². The molecule has 0 saturated heterocycles. The maximum absolute atomic E-state index is 13.9. The van der Waals surface area contributed by atoms with Crippen LogP contribution >= 0.6 is 15.9 Å². The Morgan fingerprint density at radius 3 is 2.19 bits per heavy atom. The summed E-state index contributed by atoms with van der Waals surface area (Å²) in [5.41, 5.74) is 1.87. The van der Waals surface area contributed by atoms with Gasteiger partial charge in [-0.3, -0.25) is 11.3 Å². The second-order valence-corrected chi connectivity index (χ2v) is 5.36. The molecular weight excluding hydrogens is 352 g/mol. The molecule has 0 amide bonds. The average Bonchev–Trinajstić information content (AvgIpc) is 2.40. The van der Waals surface area contributed by atoms with Gasteiger partial charge in [0.25, 0.3) is 0 Å². The van der Waals surface area contributed by atoms with Crippen molar-refractivity contribution in [2.75, 3.05) is 0 Å². The van der Waals surface area contributed by atoms with Crippen molar-refractivity contribution in [3.05, 3.63) is 69.2 Å². The summed E-state index contributed by atoms with van der Waals surface area (Å²) in [6.07, 6.45) is -0.199. The number of hydrogen-bond acceptors (Lipinski definition) is 2. The lowest BCUT2D eigenvalue weighted by Gasteiger charge is -2.18. The molecule has 1 atom stereocenters. The van der Waals surface area contributed by atoms with Crippen LogP contribution in [0.15, 0.2) is 34.8 Å². The monoisotopic (exact) mass is 362 g/mol. The first-order valence-corrected chi connectivity index (χ1v) is 6.76. The van der Waals surface area contributed by atoms with E-state index in [0.29, 0.717) is 0 Å². The van der Waals surface area contributed by atoms with Gasteiger partial charge >= 0.3 is 0 Å². The highest BCUT2D eigenvalue weighted by Gasteiger charge is 2.22. The van der Waals surface area contributed by atoms with Gasteiger partial charge in [-0.15, -0.1) is 0 Å². The van der Waals surface area contributed by atoms with Gasteiger partial charge in [-0.05, 0) is 42.3 Å². The highest BCUT2D eigenvalue weighted by Crippen LogP contribution is 2.27. The topological polar surface area (TPSA) is 38.0 Å². The SMILES string of the molecule is NNC(Cc1cc(F)ccc1F)c1c(F)cc(Br)cc1F. The molecule has 0 radical (unpaired) electrons. The number of nitrogens with one attached hydrogen (secondary N) is 1. The minimum atomic E-state index is -1.03. The van der Waals surface area contributed by atoms with Crippen LogP contribution in [-0.4, -0.2) is 0 Å². The Kier molecular flexibility index (Phi) is 4.97. The van der Waals surface area contributed by atoms with Crippen molar-refractivity contribution in [2.45, 2.75) is 12.5 Å². The first-order chi connectivity index (χ1) is 9.92. The molecule has 1 unspecified atom stereocenters. The molecule has 0 aliphatic rings. The molecule has 2 rings (SSSR count). The van der Waals surface area contributed by atoms with Crippen molar-refractivity contribution in [2.24, 2.45) is 5.84 Å². The van der Waals surface area contributed by atoms with Gasteiger partial charge in [-0.1, -0.05) is 15.9 Å². The van der Waals surface area contributed by atoms with Crippen LogP contribution in [0.25, 0.3) is 0 Å². The molecule has 0 bridgehead atoms. The van der Waals surface area contributed by atoms with Gasteiger partial charge in [0.1, 0.15) is 23.3 Å². The molecule has 112 valence electrons. The lowest BCUT2D eigenvalue weighted by Crippen LogP contribution is -2.31. The van der Waals surface area contributed by atoms with E-state index in [1.807, 2.05) is 0 Å². The van der Waals surface area contributed by atoms with Gasteiger partial charge in [0.15, 0.2) is 0 Å². The van der Waals surface area contributed by atoms with Crippen LogP contribution in [0.4, 0.5) is 17.6 Å². The zero-order valence-corrected chi connectivity index (χ0v) is 12.2. The molecule has 21 heavy (non-hydrogen) atoms. The van der Waals surface area contributed by atoms with E-state index in [1.165, 1.54) is 0 Å². The Bertz CT molecular complexity index is 640. The molecule has 2 aromatic carbocycles. The van der Waals surface area contributed by atoms with E-state index in [4.69, 9.17) is 5.84 Å². The largest absolute Gasteiger partial charge is 0.271 e. The highest BCUT2D eigenvalue weighted by molar-refractivity contribution is 9.10. The average molecular weight is 363 g/mol. The Balaban J connectivity index is 2.39. The minimum Gasteiger partial charge on any atom is -0.271 e. The fourth-order valence-electron chi connectivity index (χ4n) is 2.05. The van der Waals surface area contributed by atoms with E-state index in [-0.39, 0.29) is 22.0 Å². The van der Waals surface area contributed by atoms with Crippen LogP contribution in [0.2, 0.25) is 0 Å². The lowest BCUT2D eigenvalue weighted by molar-refractivity contribution is 0.464. The summed E-state index contributed by atoms with van der Waals surface area (Å²) in [5, 5.41) is 0. The zero-order valence-electron chi connectivity index (χ0n) is 10.6. The second kappa shape index (κ2) is 6.55. The molecule has 0 aliphatic heterocycles. The molecule has 2 nitrogen and oxygen atoms in total. The van der Waals surface area contributed by atoms with Crippen LogP contribution < -0.4 is 11.3 Å². The fraction of sp³-hybridized carbons (Fsp3) is 0.143. The van der Waals surface area contributed by atoms with E-state index in [1.54, 1.807) is 0 Å². The summed E-state index contributed by atoms with van der Waals surface area (Å²) in [4.78, 5) is 0. The smallest absolute Gasteiger partial charge is 0.132 e. The van der Waals surface area contributed by atoms with Crippen molar-refractivity contribution < 1.29 is 17.6 Å². The third-order valence-electron chi connectivity index (χ3n) is 3.03. The van der Waals surface area contributed by atoms with Crippen molar-refractivity contribution >= 4 is 15.9 Å². The van der Waals surface area contributed by atoms with E-state index in [2.05, 4.69) is 21.4 Å². The number of hydrogen-bond donors (Lipinski definition) is 2. The van der Waals surface area contributed by atoms with E-state index in [0.717, 1.165) is 30.3 Å². The van der Waals surface area contributed by atoms with Crippen LogP contribution in [0.1, 0.15) is 17.2 Å². The van der Waals surface area contributed by atoms with E-state index >= 15 is 0 Å². The lowest BCUT2D eigenvalue weighted by atomic mass is 9.98. The predicted molar refractivity (Wildman–Crippen MR) is 74.2 cm³/mol. The van der Waals surface area contributed by atoms with Crippen LogP contribution in [0.3, 0.4) is 0 Å². The summed E-state index contributed by atoms with van der Waals surface area (Å²) in [7, 11) is 0. The molecular formula is C14H11BrF4N2.